The summed E-state index contributed by atoms with van der Waals surface area (Å²) in [5.41, 5.74) is 1.19. The lowest BCUT2D eigenvalue weighted by molar-refractivity contribution is 0.193. The van der Waals surface area contributed by atoms with Crippen LogP contribution < -0.4 is 0 Å². The molecule has 0 aromatic heterocycles. The molecule has 1 aromatic carbocycles. The Bertz CT molecular complexity index is 235. The quantitative estimate of drug-likeness (QED) is 0.657. The number of benzene rings is 1. The summed E-state index contributed by atoms with van der Waals surface area (Å²) < 4.78 is 12.9. The second kappa shape index (κ2) is 3.01. The van der Waals surface area contributed by atoms with Gasteiger partial charge in [-0.15, -0.1) is 0 Å². The van der Waals surface area contributed by atoms with Crippen LogP contribution in [0.2, 0.25) is 0 Å². The molecule has 1 atom stereocenters. The number of hydrogen-bond donors (Lipinski definition) is 1. The van der Waals surface area contributed by atoms with Gasteiger partial charge < -0.3 is 5.11 Å². The molecule has 0 aliphatic heterocycles. The van der Waals surface area contributed by atoms with Crippen LogP contribution in [-0.4, -0.2) is 5.11 Å². The Kier molecular flexibility index (Phi) is 2.25. The van der Waals surface area contributed by atoms with E-state index in [4.69, 9.17) is 5.11 Å². The fraction of sp³-hybridized carbons (Fsp3) is 0.333. The second-order valence-electron chi connectivity index (χ2n) is 2.65. The molecule has 0 heterocycles. The third kappa shape index (κ3) is 1.57. The molecule has 0 amide bonds. The number of halogens is 1. The van der Waals surface area contributed by atoms with E-state index in [0.29, 0.717) is 5.56 Å². The molecular weight excluding hydrogens is 143 g/mol. The van der Waals surface area contributed by atoms with Gasteiger partial charge in [0.2, 0.25) is 0 Å². The van der Waals surface area contributed by atoms with Gasteiger partial charge in [0.1, 0.15) is 5.82 Å². The van der Waals surface area contributed by atoms with Crippen LogP contribution >= 0.6 is 0 Å². The zero-order valence-corrected chi connectivity index (χ0v) is 6.63. The average molecular weight is 154 g/mol. The highest BCUT2D eigenvalue weighted by molar-refractivity contribution is 5.28. The van der Waals surface area contributed by atoms with E-state index in [9.17, 15) is 4.39 Å². The molecule has 1 aromatic rings. The molecule has 11 heavy (non-hydrogen) atoms. The van der Waals surface area contributed by atoms with Crippen LogP contribution in [0.15, 0.2) is 18.2 Å². The molecule has 1 N–H and O–H groups in total. The van der Waals surface area contributed by atoms with Crippen molar-refractivity contribution in [1.82, 2.24) is 0 Å². The van der Waals surface area contributed by atoms with Gasteiger partial charge in [0, 0.05) is 5.56 Å². The molecule has 0 fully saturated rings. The van der Waals surface area contributed by atoms with Gasteiger partial charge in [-0.1, -0.05) is 12.1 Å². The van der Waals surface area contributed by atoms with Crippen LogP contribution in [0.5, 0.6) is 0 Å². The largest absolute Gasteiger partial charge is 0.389 e. The maximum atomic E-state index is 12.9. The Morgan fingerprint density at radius 1 is 1.45 bits per heavy atom. The monoisotopic (exact) mass is 154 g/mol. The fourth-order valence-corrected chi connectivity index (χ4v) is 1.17. The summed E-state index contributed by atoms with van der Waals surface area (Å²) >= 11 is 0. The Hall–Kier alpha value is -0.890. The molecule has 1 rings (SSSR count). The molecule has 0 aliphatic rings. The molecule has 0 saturated carbocycles. The molecule has 0 unspecified atom stereocenters. The number of rotatable bonds is 1. The lowest BCUT2D eigenvalue weighted by atomic mass is 10.0. The van der Waals surface area contributed by atoms with Gasteiger partial charge in [-0.2, -0.15) is 0 Å². The van der Waals surface area contributed by atoms with E-state index in [0.717, 1.165) is 5.56 Å². The topological polar surface area (TPSA) is 20.2 Å². The summed E-state index contributed by atoms with van der Waals surface area (Å²) in [4.78, 5) is 0. The highest BCUT2D eigenvalue weighted by Crippen LogP contribution is 2.19. The van der Waals surface area contributed by atoms with Gasteiger partial charge in [0.05, 0.1) is 6.10 Å². The van der Waals surface area contributed by atoms with Crippen LogP contribution in [0, 0.1) is 12.7 Å². The summed E-state index contributed by atoms with van der Waals surface area (Å²) in [6.45, 7) is 3.34. The minimum atomic E-state index is -0.726. The van der Waals surface area contributed by atoms with Crippen molar-refractivity contribution in [2.45, 2.75) is 20.0 Å². The van der Waals surface area contributed by atoms with E-state index in [1.54, 1.807) is 26.0 Å². The molecule has 0 aliphatic carbocycles. The van der Waals surface area contributed by atoms with Crippen LogP contribution in [0.3, 0.4) is 0 Å². The molecule has 0 saturated heterocycles. The first-order valence-electron chi connectivity index (χ1n) is 3.56. The normalized spacial score (nSPS) is 13.1. The Morgan fingerprint density at radius 2 is 2.09 bits per heavy atom. The predicted molar refractivity (Wildman–Crippen MR) is 41.8 cm³/mol. The lowest BCUT2D eigenvalue weighted by Gasteiger charge is -2.08. The molecule has 0 spiro atoms. The van der Waals surface area contributed by atoms with Crippen molar-refractivity contribution in [2.75, 3.05) is 0 Å². The standard InChI is InChI=1S/C9H11FO/c1-6-4-3-5-8(10)9(6)7(2)11/h3-5,7,11H,1-2H3/t7-/m0/s1. The number of aliphatic hydroxyl groups is 1. The molecular formula is C9H11FO. The first-order valence-corrected chi connectivity index (χ1v) is 3.56. The van der Waals surface area contributed by atoms with Crippen molar-refractivity contribution in [3.05, 3.63) is 35.1 Å². The smallest absolute Gasteiger partial charge is 0.129 e. The van der Waals surface area contributed by atoms with Gasteiger partial charge in [-0.05, 0) is 25.5 Å². The summed E-state index contributed by atoms with van der Waals surface area (Å²) in [5.74, 6) is -0.333. The number of hydrogen-bond acceptors (Lipinski definition) is 1. The third-order valence-corrected chi connectivity index (χ3v) is 1.69. The first kappa shape index (κ1) is 8.21. The van der Waals surface area contributed by atoms with Gasteiger partial charge in [0.25, 0.3) is 0 Å². The van der Waals surface area contributed by atoms with Crippen LogP contribution in [0.25, 0.3) is 0 Å². The van der Waals surface area contributed by atoms with Crippen molar-refractivity contribution < 1.29 is 9.50 Å². The summed E-state index contributed by atoms with van der Waals surface area (Å²) in [6, 6.07) is 4.77. The zero-order chi connectivity index (χ0) is 8.43. The first-order chi connectivity index (χ1) is 5.13. The minimum Gasteiger partial charge on any atom is -0.389 e. The average Bonchev–Trinajstić information content (AvgIpc) is 1.85. The number of aliphatic hydroxyl groups excluding tert-OH is 1. The summed E-state index contributed by atoms with van der Waals surface area (Å²) in [5, 5.41) is 9.15. The Morgan fingerprint density at radius 3 is 2.45 bits per heavy atom. The summed E-state index contributed by atoms with van der Waals surface area (Å²) in [6.07, 6.45) is -0.726. The van der Waals surface area contributed by atoms with E-state index in [-0.39, 0.29) is 5.82 Å². The molecule has 0 radical (unpaired) electrons. The van der Waals surface area contributed by atoms with E-state index in [1.165, 1.54) is 6.07 Å². The Labute approximate surface area is 65.5 Å². The van der Waals surface area contributed by atoms with Gasteiger partial charge in [0.15, 0.2) is 0 Å². The van der Waals surface area contributed by atoms with Crippen molar-refractivity contribution in [3.63, 3.8) is 0 Å². The van der Waals surface area contributed by atoms with Crippen LogP contribution in [0.4, 0.5) is 4.39 Å². The fourth-order valence-electron chi connectivity index (χ4n) is 1.17. The SMILES string of the molecule is Cc1cccc(F)c1[C@H](C)O. The van der Waals surface area contributed by atoms with E-state index < -0.39 is 6.10 Å². The lowest BCUT2D eigenvalue weighted by Crippen LogP contribution is -1.98. The highest BCUT2D eigenvalue weighted by Gasteiger charge is 2.09. The maximum absolute atomic E-state index is 12.9. The third-order valence-electron chi connectivity index (χ3n) is 1.69. The molecule has 1 nitrogen and oxygen atoms in total. The summed E-state index contributed by atoms with van der Waals surface area (Å²) in [7, 11) is 0. The van der Waals surface area contributed by atoms with Gasteiger partial charge in [-0.25, -0.2) is 4.39 Å². The zero-order valence-electron chi connectivity index (χ0n) is 6.63. The van der Waals surface area contributed by atoms with E-state index in [1.807, 2.05) is 0 Å². The second-order valence-corrected chi connectivity index (χ2v) is 2.65. The predicted octanol–water partition coefficient (Wildman–Crippen LogP) is 2.19. The molecule has 60 valence electrons. The minimum absolute atomic E-state index is 0.333. The van der Waals surface area contributed by atoms with Crippen molar-refractivity contribution in [1.29, 1.82) is 0 Å². The van der Waals surface area contributed by atoms with E-state index >= 15 is 0 Å². The van der Waals surface area contributed by atoms with Crippen molar-refractivity contribution >= 4 is 0 Å². The number of aryl methyl sites for hydroxylation is 1. The van der Waals surface area contributed by atoms with E-state index in [2.05, 4.69) is 0 Å². The molecule has 2 heteroatoms. The van der Waals surface area contributed by atoms with Gasteiger partial charge >= 0.3 is 0 Å². The van der Waals surface area contributed by atoms with Crippen LogP contribution in [-0.2, 0) is 0 Å². The molecule has 0 bridgehead atoms. The van der Waals surface area contributed by atoms with Crippen molar-refractivity contribution in [3.8, 4) is 0 Å². The highest BCUT2D eigenvalue weighted by atomic mass is 19.1. The van der Waals surface area contributed by atoms with Gasteiger partial charge in [-0.3, -0.25) is 0 Å². The van der Waals surface area contributed by atoms with Crippen molar-refractivity contribution in [2.24, 2.45) is 0 Å². The maximum Gasteiger partial charge on any atom is 0.129 e. The van der Waals surface area contributed by atoms with Crippen LogP contribution in [0.1, 0.15) is 24.2 Å². The Balaban J connectivity index is 3.21.